The van der Waals surface area contributed by atoms with Gasteiger partial charge in [-0.25, -0.2) is 0 Å². The van der Waals surface area contributed by atoms with Crippen molar-refractivity contribution in [2.24, 2.45) is 11.1 Å². The van der Waals surface area contributed by atoms with E-state index in [0.717, 1.165) is 30.4 Å². The number of benzene rings is 2. The van der Waals surface area contributed by atoms with Crippen molar-refractivity contribution in [2.45, 2.75) is 51.1 Å². The lowest BCUT2D eigenvalue weighted by Gasteiger charge is -2.32. The smallest absolute Gasteiger partial charge is 0.305 e. The fraction of sp³-hybridized carbons (Fsp3) is 0.407. The number of carbonyl (C=O) groups is 1. The van der Waals surface area contributed by atoms with Gasteiger partial charge in [-0.1, -0.05) is 78.0 Å². The summed E-state index contributed by atoms with van der Waals surface area (Å²) in [5, 5.41) is 4.34. The fourth-order valence-electron chi connectivity index (χ4n) is 3.67. The number of esters is 1. The lowest BCUT2D eigenvalue weighted by atomic mass is 9.98. The van der Waals surface area contributed by atoms with E-state index >= 15 is 0 Å². The Labute approximate surface area is 196 Å². The molecule has 1 aliphatic heterocycles. The maximum Gasteiger partial charge on any atom is 0.305 e. The fourth-order valence-corrected chi connectivity index (χ4v) is 3.67. The van der Waals surface area contributed by atoms with Gasteiger partial charge >= 0.3 is 5.97 Å². The van der Waals surface area contributed by atoms with Gasteiger partial charge < -0.3 is 19.0 Å². The summed E-state index contributed by atoms with van der Waals surface area (Å²) in [5.41, 5.74) is 2.07. The molecule has 0 bridgehead atoms. The summed E-state index contributed by atoms with van der Waals surface area (Å²) in [6.07, 6.45) is 7.99. The van der Waals surface area contributed by atoms with Crippen LogP contribution in [0.15, 0.2) is 78.0 Å². The number of hydrogen-bond donors (Lipinski definition) is 0. The van der Waals surface area contributed by atoms with Gasteiger partial charge in [-0.2, -0.15) is 0 Å². The first kappa shape index (κ1) is 24.7. The summed E-state index contributed by atoms with van der Waals surface area (Å²) in [4.78, 5) is 17.2. The van der Waals surface area contributed by atoms with Crippen molar-refractivity contribution < 1.29 is 23.8 Å². The number of allylic oxidation sites excluding steroid dienone is 2. The zero-order valence-electron chi connectivity index (χ0n) is 19.3. The van der Waals surface area contributed by atoms with Crippen LogP contribution in [0.1, 0.15) is 49.8 Å². The van der Waals surface area contributed by atoms with Gasteiger partial charge in [0.05, 0.1) is 19.9 Å². The van der Waals surface area contributed by atoms with E-state index in [0.29, 0.717) is 13.0 Å². The van der Waals surface area contributed by atoms with Crippen LogP contribution in [0.5, 0.6) is 0 Å². The van der Waals surface area contributed by atoms with Crippen LogP contribution in [0.2, 0.25) is 0 Å². The first-order valence-corrected chi connectivity index (χ1v) is 11.5. The Kier molecular flexibility index (Phi) is 10.1. The number of methoxy groups -OCH3 is 1. The molecule has 6 heteroatoms. The number of ether oxygens (including phenoxy) is 3. The van der Waals surface area contributed by atoms with Gasteiger partial charge in [-0.15, -0.1) is 0 Å². The van der Waals surface area contributed by atoms with Crippen molar-refractivity contribution in [1.82, 2.24) is 0 Å². The molecule has 33 heavy (non-hydrogen) atoms. The quantitative estimate of drug-likeness (QED) is 0.150. The molecule has 1 heterocycles. The Bertz CT molecular complexity index is 844. The molecule has 0 unspecified atom stereocenters. The van der Waals surface area contributed by atoms with E-state index in [1.165, 1.54) is 7.11 Å². The zero-order chi connectivity index (χ0) is 23.3. The normalized spacial score (nSPS) is 21.0. The molecule has 1 fully saturated rings. The molecular weight excluding hydrogens is 418 g/mol. The van der Waals surface area contributed by atoms with Gasteiger partial charge in [0.25, 0.3) is 0 Å². The summed E-state index contributed by atoms with van der Waals surface area (Å²) in [7, 11) is 1.41. The van der Waals surface area contributed by atoms with E-state index in [-0.39, 0.29) is 30.4 Å². The Morgan fingerprint density at radius 1 is 1.09 bits per heavy atom. The van der Waals surface area contributed by atoms with Gasteiger partial charge in [-0.3, -0.25) is 4.79 Å². The first-order chi connectivity index (χ1) is 16.2. The molecule has 0 aliphatic carbocycles. The van der Waals surface area contributed by atoms with Crippen LogP contribution in [0.25, 0.3) is 0 Å². The molecule has 0 radical (unpaired) electrons. The lowest BCUT2D eigenvalue weighted by molar-refractivity contribution is -0.207. The molecule has 3 rings (SSSR count). The highest BCUT2D eigenvalue weighted by atomic mass is 16.7. The molecule has 3 atom stereocenters. The molecule has 176 valence electrons. The van der Waals surface area contributed by atoms with E-state index in [2.05, 4.69) is 22.0 Å². The molecule has 1 saturated heterocycles. The van der Waals surface area contributed by atoms with Gasteiger partial charge in [0.2, 0.25) is 0 Å². The summed E-state index contributed by atoms with van der Waals surface area (Å²) >= 11 is 0. The van der Waals surface area contributed by atoms with Crippen LogP contribution < -0.4 is 0 Å². The van der Waals surface area contributed by atoms with Gasteiger partial charge in [-0.05, 0) is 37.3 Å². The third-order valence-electron chi connectivity index (χ3n) is 5.52. The Morgan fingerprint density at radius 2 is 1.76 bits per heavy atom. The highest BCUT2D eigenvalue weighted by Crippen LogP contribution is 2.27. The van der Waals surface area contributed by atoms with Crippen molar-refractivity contribution in [3.05, 3.63) is 83.9 Å². The van der Waals surface area contributed by atoms with E-state index in [9.17, 15) is 4.79 Å². The highest BCUT2D eigenvalue weighted by Gasteiger charge is 2.28. The van der Waals surface area contributed by atoms with Crippen LogP contribution in [0, 0.1) is 5.92 Å². The van der Waals surface area contributed by atoms with Crippen molar-refractivity contribution in [1.29, 1.82) is 0 Å². The minimum atomic E-state index is -0.297. The summed E-state index contributed by atoms with van der Waals surface area (Å²) < 4.78 is 16.3. The molecular formula is C27H33NO5. The predicted octanol–water partition coefficient (Wildman–Crippen LogP) is 5.45. The van der Waals surface area contributed by atoms with Crippen molar-refractivity contribution in [2.75, 3.05) is 13.7 Å². The maximum absolute atomic E-state index is 11.2. The number of hydrogen-bond acceptors (Lipinski definition) is 6. The Balaban J connectivity index is 1.59. The third-order valence-corrected chi connectivity index (χ3v) is 5.52. The maximum atomic E-state index is 11.2. The number of carbonyl (C=O) groups excluding carboxylic acids is 1. The molecule has 2 aromatic carbocycles. The minimum Gasteiger partial charge on any atom is -0.469 e. The zero-order valence-corrected chi connectivity index (χ0v) is 19.3. The number of nitrogens with zero attached hydrogens (tertiary/aromatic N) is 1. The molecule has 0 N–H and O–H groups in total. The first-order valence-electron chi connectivity index (χ1n) is 11.5. The van der Waals surface area contributed by atoms with Crippen LogP contribution in [0.4, 0.5) is 0 Å². The van der Waals surface area contributed by atoms with Crippen LogP contribution in [-0.2, 0) is 23.8 Å². The van der Waals surface area contributed by atoms with Gasteiger partial charge in [0.15, 0.2) is 12.4 Å². The number of oxime groups is 1. The Hall–Kier alpha value is -2.96. The molecule has 0 aromatic heterocycles. The monoisotopic (exact) mass is 451 g/mol. The average molecular weight is 452 g/mol. The van der Waals surface area contributed by atoms with Crippen molar-refractivity contribution in [3.63, 3.8) is 0 Å². The molecule has 6 nitrogen and oxygen atoms in total. The van der Waals surface area contributed by atoms with Crippen LogP contribution in [-0.4, -0.2) is 38.3 Å². The number of rotatable bonds is 11. The second-order valence-electron chi connectivity index (χ2n) is 8.00. The molecule has 0 saturated carbocycles. The molecule has 1 aliphatic rings. The average Bonchev–Trinajstić information content (AvgIpc) is 2.86. The second-order valence-corrected chi connectivity index (χ2v) is 8.00. The summed E-state index contributed by atoms with van der Waals surface area (Å²) in [6, 6.07) is 20.1. The lowest BCUT2D eigenvalue weighted by Crippen LogP contribution is -2.39. The molecule has 0 spiro atoms. The van der Waals surface area contributed by atoms with Crippen molar-refractivity contribution in [3.8, 4) is 0 Å². The minimum absolute atomic E-state index is 0.136. The van der Waals surface area contributed by atoms with Crippen LogP contribution in [0.3, 0.4) is 0 Å². The van der Waals surface area contributed by atoms with Crippen LogP contribution >= 0.6 is 0 Å². The molecule has 2 aromatic rings. The molecule has 0 amide bonds. The van der Waals surface area contributed by atoms with E-state index < -0.39 is 0 Å². The summed E-state index contributed by atoms with van der Waals surface area (Å²) in [5.74, 6) is -0.0376. The Morgan fingerprint density at radius 3 is 2.39 bits per heavy atom. The predicted molar refractivity (Wildman–Crippen MR) is 128 cm³/mol. The van der Waals surface area contributed by atoms with Gasteiger partial charge in [0, 0.05) is 12.3 Å². The van der Waals surface area contributed by atoms with Crippen molar-refractivity contribution >= 4 is 12.2 Å². The SMILES string of the molecule is COC(=O)CCC/C=C\C[C@H]1CO[C@@H](C)O[C@H]1/C=N\OC(c1ccccc1)c1ccccc1. The van der Waals surface area contributed by atoms with E-state index in [4.69, 9.17) is 14.3 Å². The highest BCUT2D eigenvalue weighted by molar-refractivity contribution is 5.69. The van der Waals surface area contributed by atoms with E-state index in [1.807, 2.05) is 67.6 Å². The second kappa shape index (κ2) is 13.6. The van der Waals surface area contributed by atoms with E-state index in [1.54, 1.807) is 6.21 Å². The van der Waals surface area contributed by atoms with Gasteiger partial charge in [0.1, 0.15) is 6.10 Å². The number of unbranched alkanes of at least 4 members (excludes halogenated alkanes) is 1. The topological polar surface area (TPSA) is 66.4 Å². The largest absolute Gasteiger partial charge is 0.469 e. The summed E-state index contributed by atoms with van der Waals surface area (Å²) in [6.45, 7) is 2.47. The third kappa shape index (κ3) is 8.15. The standard InChI is InChI=1S/C27H33NO5/c1-21-31-20-24(17-7-3-4-12-18-26(29)30-2)25(32-21)19-28-33-27(22-13-8-5-9-14-22)23-15-10-6-11-16-23/h3,5-11,13-16,19,21,24-25,27H,4,12,17-18,20H2,1-2H3/b7-3-,28-19-/t21-,24+,25+/m1/s1.